The van der Waals surface area contributed by atoms with Gasteiger partial charge in [0.1, 0.15) is 12.6 Å². The fourth-order valence-corrected chi connectivity index (χ4v) is 4.56. The first kappa shape index (κ1) is 20.7. The second-order valence-corrected chi connectivity index (χ2v) is 8.66. The van der Waals surface area contributed by atoms with Gasteiger partial charge in [-0.05, 0) is 52.6 Å². The second kappa shape index (κ2) is 9.12. The zero-order valence-corrected chi connectivity index (χ0v) is 18.5. The molecule has 0 aliphatic carbocycles. The Balaban J connectivity index is 1.54. The number of carbonyl (C=O) groups excluding carboxylic acids is 1. The molecule has 2 aliphatic rings. The summed E-state index contributed by atoms with van der Waals surface area (Å²) >= 11 is 6.11. The van der Waals surface area contributed by atoms with Crippen LogP contribution in [-0.4, -0.2) is 50.6 Å². The predicted octanol–water partition coefficient (Wildman–Crippen LogP) is 4.18. The fourth-order valence-electron chi connectivity index (χ4n) is 4.43. The van der Waals surface area contributed by atoms with Gasteiger partial charge in [-0.2, -0.15) is 4.68 Å². The Bertz CT molecular complexity index is 1100. The molecule has 2 aromatic carbocycles. The molecule has 0 spiro atoms. The van der Waals surface area contributed by atoms with Gasteiger partial charge in [-0.25, -0.2) is 0 Å². The van der Waals surface area contributed by atoms with Gasteiger partial charge >= 0.3 is 0 Å². The number of halogens is 1. The molecule has 1 atom stereocenters. The highest BCUT2D eigenvalue weighted by Crippen LogP contribution is 2.36. The number of benzene rings is 2. The maximum absolute atomic E-state index is 13.3. The first-order valence-electron chi connectivity index (χ1n) is 11.1. The Morgan fingerprint density at radius 3 is 2.41 bits per heavy atom. The Labute approximate surface area is 192 Å². The van der Waals surface area contributed by atoms with Gasteiger partial charge < -0.3 is 4.90 Å². The predicted molar refractivity (Wildman–Crippen MR) is 124 cm³/mol. The minimum atomic E-state index is -0.197. The third kappa shape index (κ3) is 4.12. The standard InChI is InChI=1S/C24H25ClN6O/c25-20-12-10-19(11-13-20)22-16-21(18-8-4-3-5-9-18)30(24-26-27-28-31(22)24)17-23(32)29-14-6-1-2-7-15-29/h3-5,8-13,16,22H,1-2,6-7,14-15,17H2. The van der Waals surface area contributed by atoms with Crippen molar-refractivity contribution in [3.63, 3.8) is 0 Å². The third-order valence-electron chi connectivity index (χ3n) is 6.12. The number of amides is 1. The summed E-state index contributed by atoms with van der Waals surface area (Å²) in [5, 5.41) is 13.2. The fraction of sp³-hybridized carbons (Fsp3) is 0.333. The lowest BCUT2D eigenvalue weighted by Crippen LogP contribution is -2.42. The van der Waals surface area contributed by atoms with Crippen LogP contribution in [0.5, 0.6) is 0 Å². The summed E-state index contributed by atoms with van der Waals surface area (Å²) in [4.78, 5) is 17.2. The number of hydrogen-bond donors (Lipinski definition) is 0. The molecule has 5 rings (SSSR count). The number of anilines is 1. The highest BCUT2D eigenvalue weighted by atomic mass is 35.5. The van der Waals surface area contributed by atoms with Gasteiger partial charge in [0.15, 0.2) is 0 Å². The summed E-state index contributed by atoms with van der Waals surface area (Å²) in [5.74, 6) is 0.669. The van der Waals surface area contributed by atoms with E-state index in [1.807, 2.05) is 64.4 Å². The number of allylic oxidation sites excluding steroid dienone is 1. The summed E-state index contributed by atoms with van der Waals surface area (Å²) in [6, 6.07) is 17.6. The number of hydrogen-bond acceptors (Lipinski definition) is 5. The van der Waals surface area contributed by atoms with Gasteiger partial charge in [-0.1, -0.05) is 72.0 Å². The molecule has 0 saturated carbocycles. The molecule has 0 N–H and O–H groups in total. The first-order valence-corrected chi connectivity index (χ1v) is 11.4. The summed E-state index contributed by atoms with van der Waals surface area (Å²) in [6.45, 7) is 1.83. The molecule has 0 radical (unpaired) electrons. The Hall–Kier alpha value is -3.19. The lowest BCUT2D eigenvalue weighted by Gasteiger charge is -2.34. The molecule has 3 aromatic rings. The van der Waals surface area contributed by atoms with Gasteiger partial charge in [0.05, 0.1) is 5.70 Å². The van der Waals surface area contributed by atoms with Gasteiger partial charge in [-0.3, -0.25) is 9.69 Å². The second-order valence-electron chi connectivity index (χ2n) is 8.22. The molecule has 1 saturated heterocycles. The van der Waals surface area contributed by atoms with Crippen molar-refractivity contribution in [2.75, 3.05) is 24.5 Å². The molecule has 32 heavy (non-hydrogen) atoms. The van der Waals surface area contributed by atoms with Crippen molar-refractivity contribution >= 4 is 29.2 Å². The van der Waals surface area contributed by atoms with E-state index >= 15 is 0 Å². The zero-order valence-electron chi connectivity index (χ0n) is 17.8. The van der Waals surface area contributed by atoms with E-state index in [0.29, 0.717) is 11.0 Å². The molecule has 0 bridgehead atoms. The van der Waals surface area contributed by atoms with Crippen LogP contribution in [0.1, 0.15) is 42.9 Å². The number of nitrogens with zero attached hydrogens (tertiary/aromatic N) is 6. The topological polar surface area (TPSA) is 67.2 Å². The van der Waals surface area contributed by atoms with E-state index in [1.54, 1.807) is 4.68 Å². The van der Waals surface area contributed by atoms with E-state index in [9.17, 15) is 4.79 Å². The third-order valence-corrected chi connectivity index (χ3v) is 6.37. The average molecular weight is 449 g/mol. The van der Waals surface area contributed by atoms with Crippen molar-refractivity contribution in [3.05, 3.63) is 76.8 Å². The Morgan fingerprint density at radius 2 is 1.69 bits per heavy atom. The lowest BCUT2D eigenvalue weighted by molar-refractivity contribution is -0.129. The average Bonchev–Trinajstić information content (AvgIpc) is 3.15. The van der Waals surface area contributed by atoms with Crippen molar-refractivity contribution < 1.29 is 4.79 Å². The molecule has 2 aliphatic heterocycles. The summed E-state index contributed by atoms with van der Waals surface area (Å²) in [5.41, 5.74) is 2.97. The molecule has 7 nitrogen and oxygen atoms in total. The van der Waals surface area contributed by atoms with Crippen LogP contribution >= 0.6 is 11.6 Å². The van der Waals surface area contributed by atoms with Gasteiger partial charge in [0.25, 0.3) is 5.95 Å². The number of rotatable bonds is 4. The van der Waals surface area contributed by atoms with Gasteiger partial charge in [0, 0.05) is 18.1 Å². The highest BCUT2D eigenvalue weighted by molar-refractivity contribution is 6.30. The molecular formula is C24H25ClN6O. The van der Waals surface area contributed by atoms with E-state index < -0.39 is 0 Å². The van der Waals surface area contributed by atoms with Gasteiger partial charge in [0.2, 0.25) is 5.91 Å². The monoisotopic (exact) mass is 448 g/mol. The number of aromatic nitrogens is 4. The largest absolute Gasteiger partial charge is 0.341 e. The SMILES string of the molecule is O=C(CN1C(c2ccccc2)=CC(c2ccc(Cl)cc2)n2nnnc21)N1CCCCCC1. The highest BCUT2D eigenvalue weighted by Gasteiger charge is 2.32. The van der Waals surface area contributed by atoms with Crippen LogP contribution in [0.3, 0.4) is 0 Å². The van der Waals surface area contributed by atoms with Crippen molar-refractivity contribution in [1.29, 1.82) is 0 Å². The van der Waals surface area contributed by atoms with Crippen LogP contribution in [0.4, 0.5) is 5.95 Å². The Kier molecular flexibility index (Phi) is 5.90. The maximum Gasteiger partial charge on any atom is 0.251 e. The van der Waals surface area contributed by atoms with E-state index in [4.69, 9.17) is 11.6 Å². The first-order chi connectivity index (χ1) is 15.7. The maximum atomic E-state index is 13.3. The van der Waals surface area contributed by atoms with Crippen LogP contribution in [0.25, 0.3) is 5.70 Å². The van der Waals surface area contributed by atoms with Crippen LogP contribution < -0.4 is 4.90 Å². The zero-order chi connectivity index (χ0) is 21.9. The normalized spacial score (nSPS) is 18.7. The number of likely N-dealkylation sites (tertiary alicyclic amines) is 1. The molecule has 1 amide bonds. The van der Waals surface area contributed by atoms with Crippen LogP contribution in [0, 0.1) is 0 Å². The molecule has 1 aromatic heterocycles. The van der Waals surface area contributed by atoms with Crippen molar-refractivity contribution in [1.82, 2.24) is 25.1 Å². The van der Waals surface area contributed by atoms with Crippen molar-refractivity contribution in [2.24, 2.45) is 0 Å². The van der Waals surface area contributed by atoms with E-state index in [0.717, 1.165) is 42.8 Å². The van der Waals surface area contributed by atoms with E-state index in [-0.39, 0.29) is 18.5 Å². The van der Waals surface area contributed by atoms with Crippen molar-refractivity contribution in [2.45, 2.75) is 31.7 Å². The summed E-state index contributed by atoms with van der Waals surface area (Å²) < 4.78 is 1.77. The van der Waals surface area contributed by atoms with E-state index in [2.05, 4.69) is 21.6 Å². The molecule has 1 fully saturated rings. The van der Waals surface area contributed by atoms with Crippen LogP contribution in [0.15, 0.2) is 60.7 Å². The minimum Gasteiger partial charge on any atom is -0.341 e. The Morgan fingerprint density at radius 1 is 0.969 bits per heavy atom. The lowest BCUT2D eigenvalue weighted by atomic mass is 10.0. The summed E-state index contributed by atoms with van der Waals surface area (Å²) in [6.07, 6.45) is 6.61. The molecular weight excluding hydrogens is 424 g/mol. The quantitative estimate of drug-likeness (QED) is 0.599. The van der Waals surface area contributed by atoms with Crippen LogP contribution in [0.2, 0.25) is 5.02 Å². The molecule has 3 heterocycles. The number of fused-ring (bicyclic) bond motifs is 1. The summed E-state index contributed by atoms with van der Waals surface area (Å²) in [7, 11) is 0. The number of tetrazole rings is 1. The molecule has 1 unspecified atom stereocenters. The number of carbonyl (C=O) groups is 1. The van der Waals surface area contributed by atoms with Gasteiger partial charge in [-0.15, -0.1) is 0 Å². The van der Waals surface area contributed by atoms with Crippen LogP contribution in [-0.2, 0) is 4.79 Å². The van der Waals surface area contributed by atoms with E-state index in [1.165, 1.54) is 12.8 Å². The minimum absolute atomic E-state index is 0.105. The molecule has 8 heteroatoms. The van der Waals surface area contributed by atoms with Crippen molar-refractivity contribution in [3.8, 4) is 0 Å². The smallest absolute Gasteiger partial charge is 0.251 e. The molecule has 164 valence electrons.